The van der Waals surface area contributed by atoms with Gasteiger partial charge in [-0.2, -0.15) is 0 Å². The minimum absolute atomic E-state index is 0.00503. The zero-order chi connectivity index (χ0) is 24.9. The molecule has 0 saturated heterocycles. The first-order valence-corrected chi connectivity index (χ1v) is 12.8. The van der Waals surface area contributed by atoms with Crippen molar-refractivity contribution in [2.75, 3.05) is 18.5 Å². The van der Waals surface area contributed by atoms with E-state index in [1.54, 1.807) is 30.9 Å². The van der Waals surface area contributed by atoms with Gasteiger partial charge in [-0.3, -0.25) is 9.69 Å². The van der Waals surface area contributed by atoms with E-state index < -0.39 is 12.0 Å². The number of nitrogens with zero attached hydrogens (tertiary/aromatic N) is 1. The highest BCUT2D eigenvalue weighted by Crippen LogP contribution is 2.32. The number of carbonyl (C=O) groups is 3. The second-order valence-corrected chi connectivity index (χ2v) is 8.80. The number of urea groups is 1. The van der Waals surface area contributed by atoms with E-state index in [0.717, 1.165) is 24.8 Å². The van der Waals surface area contributed by atoms with Crippen LogP contribution in [0.4, 0.5) is 10.5 Å². The molecule has 1 unspecified atom stereocenters. The highest BCUT2D eigenvalue weighted by Gasteiger charge is 2.36. The maximum Gasteiger partial charge on any atom is 0.338 e. The molecule has 0 spiro atoms. The van der Waals surface area contributed by atoms with Crippen LogP contribution in [0.25, 0.3) is 0 Å². The lowest BCUT2D eigenvalue weighted by Gasteiger charge is -2.35. The molecule has 1 aliphatic rings. The van der Waals surface area contributed by atoms with Crippen LogP contribution in [0.15, 0.2) is 35.5 Å². The highest BCUT2D eigenvalue weighted by atomic mass is 16.5. The van der Waals surface area contributed by atoms with Crippen LogP contribution in [0.2, 0.25) is 0 Å². The van der Waals surface area contributed by atoms with Gasteiger partial charge in [-0.1, -0.05) is 64.5 Å². The van der Waals surface area contributed by atoms with Gasteiger partial charge in [-0.25, -0.2) is 9.59 Å². The largest absolute Gasteiger partial charge is 0.463 e. The van der Waals surface area contributed by atoms with Crippen LogP contribution >= 0.6 is 0 Å². The molecule has 2 N–H and O–H groups in total. The Balaban J connectivity index is 2.02. The molecule has 0 aromatic heterocycles. The summed E-state index contributed by atoms with van der Waals surface area (Å²) in [4.78, 5) is 39.3. The molecule has 188 valence electrons. The van der Waals surface area contributed by atoms with Crippen LogP contribution in [0.1, 0.15) is 97.1 Å². The summed E-state index contributed by atoms with van der Waals surface area (Å²) < 4.78 is 5.28. The first-order valence-electron chi connectivity index (χ1n) is 12.8. The topological polar surface area (TPSA) is 87.7 Å². The minimum atomic E-state index is -0.600. The van der Waals surface area contributed by atoms with Gasteiger partial charge < -0.3 is 15.4 Å². The molecule has 0 saturated carbocycles. The van der Waals surface area contributed by atoms with Crippen molar-refractivity contribution in [3.8, 4) is 0 Å². The minimum Gasteiger partial charge on any atom is -0.463 e. The van der Waals surface area contributed by atoms with Gasteiger partial charge in [-0.05, 0) is 44.4 Å². The molecule has 0 bridgehead atoms. The van der Waals surface area contributed by atoms with Crippen molar-refractivity contribution in [3.63, 3.8) is 0 Å². The zero-order valence-corrected chi connectivity index (χ0v) is 21.2. The number of rotatable bonds is 14. The Kier molecular flexibility index (Phi) is 11.6. The van der Waals surface area contributed by atoms with E-state index >= 15 is 0 Å². The van der Waals surface area contributed by atoms with Gasteiger partial charge in [0.25, 0.3) is 0 Å². The number of hydrogen-bond donors (Lipinski definition) is 2. The second kappa shape index (κ2) is 14.4. The smallest absolute Gasteiger partial charge is 0.338 e. The average molecular weight is 472 g/mol. The molecule has 1 atom stereocenters. The number of benzene rings is 1. The van der Waals surface area contributed by atoms with Crippen molar-refractivity contribution in [2.24, 2.45) is 0 Å². The predicted octanol–water partition coefficient (Wildman–Crippen LogP) is 6.08. The van der Waals surface area contributed by atoms with Gasteiger partial charge >= 0.3 is 12.0 Å². The van der Waals surface area contributed by atoms with Crippen LogP contribution < -0.4 is 10.6 Å². The standard InChI is InChI=1S/C27H41N3O4/c1-5-8-9-10-11-12-13-14-23(31)28-22-17-15-21(16-18-22)25-24(26(32)34-7-3)20(4)30(19-6-2)27(33)29-25/h15-18,25H,5-14,19H2,1-4H3,(H,28,31)(H,29,33). The third-order valence-electron chi connectivity index (χ3n) is 6.07. The van der Waals surface area contributed by atoms with Crippen molar-refractivity contribution < 1.29 is 19.1 Å². The normalized spacial score (nSPS) is 15.8. The first-order chi connectivity index (χ1) is 16.4. The quantitative estimate of drug-likeness (QED) is 0.254. The SMILES string of the molecule is CCCCCCCCCC(=O)Nc1ccc(C2NC(=O)N(CCC)C(C)=C2C(=O)OCC)cc1. The van der Waals surface area contributed by atoms with Gasteiger partial charge in [0, 0.05) is 24.4 Å². The number of carbonyl (C=O) groups excluding carboxylic acids is 3. The van der Waals surface area contributed by atoms with Crippen LogP contribution in [-0.2, 0) is 14.3 Å². The molecule has 3 amide bonds. The number of esters is 1. The summed E-state index contributed by atoms with van der Waals surface area (Å²) >= 11 is 0. The van der Waals surface area contributed by atoms with Crippen molar-refractivity contribution in [1.82, 2.24) is 10.2 Å². The molecule has 2 rings (SSSR count). The van der Waals surface area contributed by atoms with E-state index in [1.165, 1.54) is 32.1 Å². The Morgan fingerprint density at radius 3 is 2.24 bits per heavy atom. The van der Waals surface area contributed by atoms with Crippen LogP contribution in [0, 0.1) is 0 Å². The number of ether oxygens (including phenoxy) is 1. The second-order valence-electron chi connectivity index (χ2n) is 8.80. The molecule has 1 heterocycles. The van der Waals surface area contributed by atoms with Gasteiger partial charge in [0.05, 0.1) is 18.2 Å². The number of unbranched alkanes of at least 4 members (excludes halogenated alkanes) is 6. The highest BCUT2D eigenvalue weighted by molar-refractivity contribution is 5.95. The molecule has 7 heteroatoms. The number of nitrogens with one attached hydrogen (secondary N) is 2. The summed E-state index contributed by atoms with van der Waals surface area (Å²) in [5.74, 6) is -0.427. The predicted molar refractivity (Wildman–Crippen MR) is 135 cm³/mol. The molecule has 0 fully saturated rings. The van der Waals surface area contributed by atoms with Gasteiger partial charge in [0.1, 0.15) is 0 Å². The Morgan fingerprint density at radius 2 is 1.62 bits per heavy atom. The molecular weight excluding hydrogens is 430 g/mol. The zero-order valence-electron chi connectivity index (χ0n) is 21.2. The summed E-state index contributed by atoms with van der Waals surface area (Å²) in [5.41, 5.74) is 2.51. The summed E-state index contributed by atoms with van der Waals surface area (Å²) in [6, 6.07) is 6.44. The van der Waals surface area contributed by atoms with E-state index in [-0.39, 0.29) is 18.5 Å². The Hall–Kier alpha value is -2.83. The maximum atomic E-state index is 12.7. The fourth-order valence-electron chi connectivity index (χ4n) is 4.22. The Bertz CT molecular complexity index is 848. The lowest BCUT2D eigenvalue weighted by atomic mass is 9.94. The monoisotopic (exact) mass is 471 g/mol. The van der Waals surface area contributed by atoms with E-state index in [4.69, 9.17) is 4.74 Å². The fourth-order valence-corrected chi connectivity index (χ4v) is 4.22. The Labute approximate surface area is 204 Å². The summed E-state index contributed by atoms with van der Waals surface area (Å²) in [6.45, 7) is 8.52. The number of anilines is 1. The van der Waals surface area contributed by atoms with Crippen LogP contribution in [0.5, 0.6) is 0 Å². The number of allylic oxidation sites excluding steroid dienone is 1. The van der Waals surface area contributed by atoms with Crippen molar-refractivity contribution >= 4 is 23.6 Å². The fraction of sp³-hybridized carbons (Fsp3) is 0.593. The summed E-state index contributed by atoms with van der Waals surface area (Å²) in [7, 11) is 0. The summed E-state index contributed by atoms with van der Waals surface area (Å²) in [5, 5.41) is 5.88. The molecule has 0 radical (unpaired) electrons. The molecular formula is C27H41N3O4. The lowest BCUT2D eigenvalue weighted by molar-refractivity contribution is -0.139. The van der Waals surface area contributed by atoms with E-state index in [2.05, 4.69) is 17.6 Å². The number of hydrogen-bond acceptors (Lipinski definition) is 4. The molecule has 34 heavy (non-hydrogen) atoms. The van der Waals surface area contributed by atoms with E-state index in [0.29, 0.717) is 29.9 Å². The van der Waals surface area contributed by atoms with Crippen LogP contribution in [-0.4, -0.2) is 36.0 Å². The average Bonchev–Trinajstić information content (AvgIpc) is 2.81. The summed E-state index contributed by atoms with van der Waals surface area (Å²) in [6.07, 6.45) is 9.49. The number of amides is 3. The first kappa shape index (κ1) is 27.4. The molecule has 1 aromatic rings. The Morgan fingerprint density at radius 1 is 0.971 bits per heavy atom. The van der Waals surface area contributed by atoms with Crippen molar-refractivity contribution in [3.05, 3.63) is 41.1 Å². The molecule has 7 nitrogen and oxygen atoms in total. The molecule has 1 aliphatic heterocycles. The third kappa shape index (κ3) is 7.89. The van der Waals surface area contributed by atoms with Crippen molar-refractivity contribution in [2.45, 2.75) is 91.5 Å². The molecule has 0 aliphatic carbocycles. The van der Waals surface area contributed by atoms with Crippen molar-refractivity contribution in [1.29, 1.82) is 0 Å². The van der Waals surface area contributed by atoms with E-state index in [9.17, 15) is 14.4 Å². The lowest BCUT2D eigenvalue weighted by Crippen LogP contribution is -2.48. The maximum absolute atomic E-state index is 12.7. The van der Waals surface area contributed by atoms with Gasteiger partial charge in [0.2, 0.25) is 5.91 Å². The third-order valence-corrected chi connectivity index (χ3v) is 6.07. The molecule has 1 aromatic carbocycles. The van der Waals surface area contributed by atoms with E-state index in [1.807, 2.05) is 19.1 Å². The van der Waals surface area contributed by atoms with Crippen LogP contribution in [0.3, 0.4) is 0 Å². The van der Waals surface area contributed by atoms with Gasteiger partial charge in [-0.15, -0.1) is 0 Å². The van der Waals surface area contributed by atoms with Gasteiger partial charge in [0.15, 0.2) is 0 Å².